The zero-order chi connectivity index (χ0) is 18.8. The maximum Gasteiger partial charge on any atom is 0.121 e. The van der Waals surface area contributed by atoms with E-state index in [1.807, 2.05) is 48.2 Å². The molecule has 2 atom stereocenters. The summed E-state index contributed by atoms with van der Waals surface area (Å²) < 4.78 is 11.2. The second-order valence-corrected chi connectivity index (χ2v) is 9.24. The third kappa shape index (κ3) is 4.39. The normalized spacial score (nSPS) is 24.8. The van der Waals surface area contributed by atoms with E-state index < -0.39 is 0 Å². The molecular formula is C22H26ClNO2S. The minimum absolute atomic E-state index is 0.498. The summed E-state index contributed by atoms with van der Waals surface area (Å²) in [6, 6.07) is 15.5. The molecule has 27 heavy (non-hydrogen) atoms. The molecule has 0 spiro atoms. The number of ether oxygens (including phenoxy) is 2. The van der Waals surface area contributed by atoms with E-state index in [4.69, 9.17) is 21.1 Å². The highest BCUT2D eigenvalue weighted by atomic mass is 35.5. The van der Waals surface area contributed by atoms with Gasteiger partial charge in [0.2, 0.25) is 0 Å². The zero-order valence-electron chi connectivity index (χ0n) is 15.9. The van der Waals surface area contributed by atoms with Crippen LogP contribution in [0.15, 0.2) is 47.4 Å². The fourth-order valence-electron chi connectivity index (χ4n) is 4.23. The summed E-state index contributed by atoms with van der Waals surface area (Å²) in [6.45, 7) is 0.498. The molecule has 144 valence electrons. The predicted octanol–water partition coefficient (Wildman–Crippen LogP) is 5.64. The summed E-state index contributed by atoms with van der Waals surface area (Å²) in [5.41, 5.74) is 1.07. The van der Waals surface area contributed by atoms with Gasteiger partial charge < -0.3 is 14.4 Å². The Morgan fingerprint density at radius 2 is 1.85 bits per heavy atom. The lowest BCUT2D eigenvalue weighted by Crippen LogP contribution is -2.40. The number of rotatable bonds is 6. The molecule has 0 amide bonds. The molecule has 0 radical (unpaired) electrons. The van der Waals surface area contributed by atoms with Crippen LogP contribution in [0.2, 0.25) is 5.02 Å². The number of hydrogen-bond donors (Lipinski definition) is 0. The van der Waals surface area contributed by atoms with Gasteiger partial charge in [0.25, 0.3) is 0 Å². The van der Waals surface area contributed by atoms with Crippen molar-refractivity contribution in [2.45, 2.75) is 54.5 Å². The molecule has 2 aliphatic heterocycles. The fourth-order valence-corrected chi connectivity index (χ4v) is 5.85. The maximum absolute atomic E-state index is 6.56. The van der Waals surface area contributed by atoms with E-state index in [0.717, 1.165) is 34.2 Å². The molecule has 2 unspecified atom stereocenters. The van der Waals surface area contributed by atoms with Crippen LogP contribution in [0.5, 0.6) is 11.5 Å². The van der Waals surface area contributed by atoms with E-state index in [1.165, 1.54) is 30.6 Å². The highest BCUT2D eigenvalue weighted by molar-refractivity contribution is 8.00. The van der Waals surface area contributed by atoms with Crippen molar-refractivity contribution in [3.63, 3.8) is 0 Å². The van der Waals surface area contributed by atoms with Crippen molar-refractivity contribution in [3.05, 3.63) is 53.1 Å². The van der Waals surface area contributed by atoms with Gasteiger partial charge in [0.15, 0.2) is 0 Å². The first kappa shape index (κ1) is 19.0. The lowest BCUT2D eigenvalue weighted by molar-refractivity contribution is 0.183. The Hall–Kier alpha value is -1.36. The second kappa shape index (κ2) is 8.34. The number of halogens is 1. The lowest BCUT2D eigenvalue weighted by Gasteiger charge is -2.36. The number of benzene rings is 2. The minimum Gasteiger partial charge on any atom is -0.497 e. The van der Waals surface area contributed by atoms with Gasteiger partial charge in [-0.25, -0.2) is 0 Å². The van der Waals surface area contributed by atoms with Crippen molar-refractivity contribution in [2.24, 2.45) is 0 Å². The van der Waals surface area contributed by atoms with Crippen LogP contribution < -0.4 is 9.47 Å². The Labute approximate surface area is 171 Å². The summed E-state index contributed by atoms with van der Waals surface area (Å²) in [5, 5.41) is 1.45. The minimum atomic E-state index is 0.498. The van der Waals surface area contributed by atoms with Crippen LogP contribution in [0.1, 0.15) is 31.2 Å². The fraction of sp³-hybridized carbons (Fsp3) is 0.455. The molecule has 0 aliphatic carbocycles. The molecule has 2 fully saturated rings. The number of piperidine rings is 1. The van der Waals surface area contributed by atoms with Crippen LogP contribution in [-0.4, -0.2) is 36.4 Å². The number of nitrogens with zero attached hydrogens (tertiary/aromatic N) is 1. The van der Waals surface area contributed by atoms with E-state index in [9.17, 15) is 0 Å². The highest BCUT2D eigenvalue weighted by Gasteiger charge is 2.38. The molecule has 3 nitrogen and oxygen atoms in total. The largest absolute Gasteiger partial charge is 0.497 e. The number of hydrogen-bond acceptors (Lipinski definition) is 4. The second-order valence-electron chi connectivity index (χ2n) is 7.49. The quantitative estimate of drug-likeness (QED) is 0.621. The third-order valence-corrected chi connectivity index (χ3v) is 7.54. The third-order valence-electron chi connectivity index (χ3n) is 5.79. The molecule has 5 heteroatoms. The van der Waals surface area contributed by atoms with Crippen molar-refractivity contribution in [3.8, 4) is 11.5 Å². The van der Waals surface area contributed by atoms with Gasteiger partial charge in [-0.3, -0.25) is 0 Å². The Morgan fingerprint density at radius 1 is 1.07 bits per heavy atom. The van der Waals surface area contributed by atoms with Gasteiger partial charge >= 0.3 is 0 Å². The van der Waals surface area contributed by atoms with E-state index in [-0.39, 0.29) is 0 Å². The predicted molar refractivity (Wildman–Crippen MR) is 112 cm³/mol. The molecule has 2 saturated heterocycles. The van der Waals surface area contributed by atoms with Crippen molar-refractivity contribution >= 4 is 23.4 Å². The van der Waals surface area contributed by atoms with Crippen LogP contribution in [-0.2, 0) is 6.61 Å². The van der Waals surface area contributed by atoms with Crippen molar-refractivity contribution in [2.75, 3.05) is 14.2 Å². The molecule has 4 rings (SSSR count). The summed E-state index contributed by atoms with van der Waals surface area (Å²) >= 11 is 8.50. The highest BCUT2D eigenvalue weighted by Crippen LogP contribution is 2.43. The van der Waals surface area contributed by atoms with Crippen LogP contribution >= 0.6 is 23.4 Å². The van der Waals surface area contributed by atoms with Crippen molar-refractivity contribution < 1.29 is 9.47 Å². The smallest absolute Gasteiger partial charge is 0.121 e. The molecule has 2 aromatic rings. The Kier molecular flexibility index (Phi) is 5.86. The van der Waals surface area contributed by atoms with Crippen LogP contribution in [0.25, 0.3) is 0 Å². The van der Waals surface area contributed by atoms with Gasteiger partial charge in [-0.15, -0.1) is 11.8 Å². The van der Waals surface area contributed by atoms with Crippen molar-refractivity contribution in [1.29, 1.82) is 0 Å². The first-order chi connectivity index (χ1) is 13.1. The molecular weight excluding hydrogens is 378 g/mol. The monoisotopic (exact) mass is 403 g/mol. The SMILES string of the molecule is COc1cccc(COc2ccc(SC3CC4CCC(C3)N4C)c(Cl)c2)c1. The summed E-state index contributed by atoms with van der Waals surface area (Å²) in [6.07, 6.45) is 5.23. The van der Waals surface area contributed by atoms with E-state index in [1.54, 1.807) is 7.11 Å². The van der Waals surface area contributed by atoms with Gasteiger partial charge in [-0.05, 0) is 68.6 Å². The van der Waals surface area contributed by atoms with Gasteiger partial charge in [-0.1, -0.05) is 23.7 Å². The Bertz CT molecular complexity index is 786. The van der Waals surface area contributed by atoms with Gasteiger partial charge in [0.05, 0.1) is 12.1 Å². The summed E-state index contributed by atoms with van der Waals surface area (Å²) in [4.78, 5) is 3.74. The number of thioether (sulfide) groups is 1. The average molecular weight is 404 g/mol. The maximum atomic E-state index is 6.56. The van der Waals surface area contributed by atoms with Gasteiger partial charge in [0, 0.05) is 22.2 Å². The zero-order valence-corrected chi connectivity index (χ0v) is 17.4. The summed E-state index contributed by atoms with van der Waals surface area (Å²) in [5.74, 6) is 1.64. The molecule has 0 saturated carbocycles. The first-order valence-corrected chi connectivity index (χ1v) is 10.8. The Balaban J connectivity index is 1.36. The average Bonchev–Trinajstić information content (AvgIpc) is 2.89. The number of fused-ring (bicyclic) bond motifs is 2. The molecule has 2 heterocycles. The van der Waals surface area contributed by atoms with Crippen molar-refractivity contribution in [1.82, 2.24) is 4.90 Å². The number of methoxy groups -OCH3 is 1. The lowest BCUT2D eigenvalue weighted by atomic mass is 10.0. The molecule has 2 aliphatic rings. The van der Waals surface area contributed by atoms with Crippen LogP contribution in [0.3, 0.4) is 0 Å². The standard InChI is InChI=1S/C22H26ClNO2S/c1-24-16-6-7-17(24)12-20(11-16)27-22-9-8-19(13-21(22)23)26-14-15-4-3-5-18(10-15)25-2/h3-5,8-10,13,16-17,20H,6-7,11-12,14H2,1-2H3. The van der Waals surface area contributed by atoms with Gasteiger partial charge in [0.1, 0.15) is 18.1 Å². The summed E-state index contributed by atoms with van der Waals surface area (Å²) in [7, 11) is 3.95. The molecule has 2 bridgehead atoms. The Morgan fingerprint density at radius 3 is 2.56 bits per heavy atom. The van der Waals surface area contributed by atoms with E-state index in [0.29, 0.717) is 11.9 Å². The van der Waals surface area contributed by atoms with E-state index >= 15 is 0 Å². The van der Waals surface area contributed by atoms with Crippen LogP contribution in [0, 0.1) is 0 Å². The molecule has 0 aromatic heterocycles. The van der Waals surface area contributed by atoms with Crippen LogP contribution in [0.4, 0.5) is 0 Å². The first-order valence-electron chi connectivity index (χ1n) is 9.56. The topological polar surface area (TPSA) is 21.7 Å². The molecule has 0 N–H and O–H groups in total. The van der Waals surface area contributed by atoms with E-state index in [2.05, 4.69) is 18.0 Å². The van der Waals surface area contributed by atoms with Gasteiger partial charge in [-0.2, -0.15) is 0 Å². The molecule has 2 aromatic carbocycles.